The molecular weight excluding hydrogens is 334 g/mol. The van der Waals surface area contributed by atoms with Crippen molar-refractivity contribution in [2.45, 2.75) is 38.1 Å². The van der Waals surface area contributed by atoms with Crippen LogP contribution in [0.5, 0.6) is 0 Å². The molecule has 1 spiro atoms. The fraction of sp³-hybridized carbons (Fsp3) is 0.526. The Morgan fingerprint density at radius 1 is 1.04 bits per heavy atom. The zero-order valence-electron chi connectivity index (χ0n) is 14.7. The Labute approximate surface area is 153 Å². The highest BCUT2D eigenvalue weighted by Crippen LogP contribution is 2.47. The molecule has 132 valence electrons. The molecule has 3 aliphatic rings. The number of amides is 2. The van der Waals surface area contributed by atoms with Gasteiger partial charge in [-0.2, -0.15) is 0 Å². The number of nitrogens with zero attached hydrogens (tertiary/aromatic N) is 3. The second-order valence-electron chi connectivity index (χ2n) is 7.35. The Bertz CT molecular complexity index is 739. The molecule has 3 heterocycles. The van der Waals surface area contributed by atoms with Gasteiger partial charge in [0.15, 0.2) is 10.5 Å². The largest absolute Gasteiger partial charge is 0.367 e. The summed E-state index contributed by atoms with van der Waals surface area (Å²) in [6.45, 7) is 0.891. The predicted molar refractivity (Wildman–Crippen MR) is 100 cm³/mol. The number of para-hydroxylation sites is 1. The average Bonchev–Trinajstić information content (AvgIpc) is 2.90. The molecule has 2 fully saturated rings. The van der Waals surface area contributed by atoms with Gasteiger partial charge >= 0.3 is 0 Å². The van der Waals surface area contributed by atoms with Crippen molar-refractivity contribution in [3.8, 4) is 0 Å². The average molecular weight is 357 g/mol. The van der Waals surface area contributed by atoms with Gasteiger partial charge in [-0.15, -0.1) is 0 Å². The van der Waals surface area contributed by atoms with Crippen molar-refractivity contribution in [1.29, 1.82) is 0 Å². The number of hydrogen-bond donors (Lipinski definition) is 0. The van der Waals surface area contributed by atoms with E-state index in [0.717, 1.165) is 37.8 Å². The number of anilines is 1. The topological polar surface area (TPSA) is 43.9 Å². The molecule has 0 bridgehead atoms. The minimum Gasteiger partial charge on any atom is -0.367 e. The number of rotatable bonds is 0. The maximum Gasteiger partial charge on any atom is 0.246 e. The SMILES string of the molecule is CN1C(=O)C2(Cc3ccccc3N3CCCCC[C@H]32)C(=O)N(C)C1=S. The fourth-order valence-corrected chi connectivity index (χ4v) is 4.96. The van der Waals surface area contributed by atoms with Gasteiger partial charge in [-0.25, -0.2) is 0 Å². The number of carbonyl (C=O) groups is 2. The first-order chi connectivity index (χ1) is 12.0. The highest BCUT2D eigenvalue weighted by molar-refractivity contribution is 7.80. The second kappa shape index (κ2) is 5.80. The Morgan fingerprint density at radius 3 is 2.44 bits per heavy atom. The lowest BCUT2D eigenvalue weighted by atomic mass is 9.67. The highest BCUT2D eigenvalue weighted by Gasteiger charge is 2.61. The lowest BCUT2D eigenvalue weighted by Gasteiger charge is -2.53. The van der Waals surface area contributed by atoms with Crippen molar-refractivity contribution < 1.29 is 9.59 Å². The molecule has 6 heteroatoms. The van der Waals surface area contributed by atoms with Gasteiger partial charge in [0.1, 0.15) is 0 Å². The summed E-state index contributed by atoms with van der Waals surface area (Å²) in [5.74, 6) is -0.293. The molecule has 0 unspecified atom stereocenters. The molecule has 0 aromatic heterocycles. The van der Waals surface area contributed by atoms with Gasteiger partial charge in [0.2, 0.25) is 11.8 Å². The van der Waals surface area contributed by atoms with E-state index in [-0.39, 0.29) is 17.9 Å². The van der Waals surface area contributed by atoms with Gasteiger partial charge in [-0.1, -0.05) is 31.0 Å². The molecule has 0 radical (unpaired) electrons. The molecule has 3 aliphatic heterocycles. The normalized spacial score (nSPS) is 25.8. The van der Waals surface area contributed by atoms with Crippen molar-refractivity contribution in [2.24, 2.45) is 5.41 Å². The van der Waals surface area contributed by atoms with Crippen LogP contribution >= 0.6 is 12.2 Å². The summed E-state index contributed by atoms with van der Waals surface area (Å²) in [6.07, 6.45) is 4.59. The molecule has 25 heavy (non-hydrogen) atoms. The van der Waals surface area contributed by atoms with Crippen LogP contribution in [-0.4, -0.2) is 53.4 Å². The standard InChI is InChI=1S/C19H23N3O2S/c1-20-16(23)19(17(24)21(2)18(20)25)12-13-8-5-6-9-14(13)22-11-7-3-4-10-15(19)22/h5-6,8-9,15H,3-4,7,10-12H2,1-2H3/t15-/m0/s1. The van der Waals surface area contributed by atoms with Crippen LogP contribution in [0.25, 0.3) is 0 Å². The van der Waals surface area contributed by atoms with Gasteiger partial charge in [-0.05, 0) is 43.1 Å². The third kappa shape index (κ3) is 2.16. The minimum atomic E-state index is -1.06. The van der Waals surface area contributed by atoms with Gasteiger partial charge in [0.25, 0.3) is 0 Å². The van der Waals surface area contributed by atoms with Crippen LogP contribution < -0.4 is 4.90 Å². The number of thiocarbonyl (C=S) groups is 1. The lowest BCUT2D eigenvalue weighted by molar-refractivity contribution is -0.157. The molecule has 0 saturated carbocycles. The van der Waals surface area contributed by atoms with Crippen LogP contribution in [0.1, 0.15) is 31.2 Å². The quantitative estimate of drug-likeness (QED) is 0.527. The number of hydrogen-bond acceptors (Lipinski definition) is 4. The van der Waals surface area contributed by atoms with E-state index in [1.165, 1.54) is 15.5 Å². The van der Waals surface area contributed by atoms with Crippen LogP contribution in [-0.2, 0) is 16.0 Å². The summed E-state index contributed by atoms with van der Waals surface area (Å²) < 4.78 is 0. The second-order valence-corrected chi connectivity index (χ2v) is 7.71. The monoisotopic (exact) mass is 357 g/mol. The van der Waals surface area contributed by atoms with Gasteiger partial charge in [-0.3, -0.25) is 19.4 Å². The van der Waals surface area contributed by atoms with E-state index in [1.54, 1.807) is 14.1 Å². The van der Waals surface area contributed by atoms with E-state index in [9.17, 15) is 9.59 Å². The number of fused-ring (bicyclic) bond motifs is 4. The summed E-state index contributed by atoms with van der Waals surface area (Å²) >= 11 is 5.31. The zero-order chi connectivity index (χ0) is 17.8. The van der Waals surface area contributed by atoms with Crippen LogP contribution in [0.15, 0.2) is 24.3 Å². The number of benzene rings is 1. The van der Waals surface area contributed by atoms with E-state index in [4.69, 9.17) is 12.2 Å². The molecular formula is C19H23N3O2S. The molecule has 2 saturated heterocycles. The van der Waals surface area contributed by atoms with Crippen molar-refractivity contribution >= 4 is 34.8 Å². The molecule has 5 nitrogen and oxygen atoms in total. The van der Waals surface area contributed by atoms with E-state index in [0.29, 0.717) is 11.5 Å². The minimum absolute atomic E-state index is 0.0992. The molecule has 1 aromatic rings. The van der Waals surface area contributed by atoms with E-state index < -0.39 is 5.41 Å². The first kappa shape index (κ1) is 16.5. The third-order valence-corrected chi connectivity index (χ3v) is 6.59. The number of carbonyl (C=O) groups excluding carboxylic acids is 2. The van der Waals surface area contributed by atoms with Crippen molar-refractivity contribution in [3.05, 3.63) is 29.8 Å². The van der Waals surface area contributed by atoms with Crippen LogP contribution in [0, 0.1) is 5.41 Å². The summed E-state index contributed by atoms with van der Waals surface area (Å²) in [7, 11) is 3.38. The summed E-state index contributed by atoms with van der Waals surface area (Å²) in [5, 5.41) is 0.291. The molecule has 4 rings (SSSR count). The Balaban J connectivity index is 1.92. The lowest BCUT2D eigenvalue weighted by Crippen LogP contribution is -2.71. The molecule has 0 N–H and O–H groups in total. The maximum absolute atomic E-state index is 13.4. The van der Waals surface area contributed by atoms with E-state index in [1.807, 2.05) is 18.2 Å². The van der Waals surface area contributed by atoms with Crippen molar-refractivity contribution in [3.63, 3.8) is 0 Å². The Morgan fingerprint density at radius 2 is 1.72 bits per heavy atom. The van der Waals surface area contributed by atoms with E-state index in [2.05, 4.69) is 11.0 Å². The van der Waals surface area contributed by atoms with Crippen molar-refractivity contribution in [1.82, 2.24) is 9.80 Å². The third-order valence-electron chi connectivity index (χ3n) is 6.04. The first-order valence-electron chi connectivity index (χ1n) is 8.93. The molecule has 1 aromatic carbocycles. The highest BCUT2D eigenvalue weighted by atomic mass is 32.1. The first-order valence-corrected chi connectivity index (χ1v) is 9.34. The van der Waals surface area contributed by atoms with Crippen molar-refractivity contribution in [2.75, 3.05) is 25.5 Å². The predicted octanol–water partition coefficient (Wildman–Crippen LogP) is 2.19. The Kier molecular flexibility index (Phi) is 3.83. The van der Waals surface area contributed by atoms with Gasteiger partial charge in [0.05, 0.1) is 6.04 Å². The van der Waals surface area contributed by atoms with E-state index >= 15 is 0 Å². The fourth-order valence-electron chi connectivity index (χ4n) is 4.79. The molecule has 0 aliphatic carbocycles. The van der Waals surface area contributed by atoms with Gasteiger partial charge in [0, 0.05) is 26.3 Å². The summed E-state index contributed by atoms with van der Waals surface area (Å²) in [5.41, 5.74) is 1.20. The Hall–Kier alpha value is -1.95. The summed E-state index contributed by atoms with van der Waals surface area (Å²) in [4.78, 5) is 32.1. The summed E-state index contributed by atoms with van der Waals surface area (Å²) in [6, 6.07) is 8.09. The zero-order valence-corrected chi connectivity index (χ0v) is 15.5. The van der Waals surface area contributed by atoms with Gasteiger partial charge < -0.3 is 4.90 Å². The molecule has 2 amide bonds. The maximum atomic E-state index is 13.4. The van der Waals surface area contributed by atoms with Crippen LogP contribution in [0.4, 0.5) is 5.69 Å². The smallest absolute Gasteiger partial charge is 0.246 e. The van der Waals surface area contributed by atoms with Crippen LogP contribution in [0.3, 0.4) is 0 Å². The molecule has 1 atom stereocenters. The van der Waals surface area contributed by atoms with Crippen LogP contribution in [0.2, 0.25) is 0 Å².